The van der Waals surface area contributed by atoms with Gasteiger partial charge in [0.25, 0.3) is 0 Å². The van der Waals surface area contributed by atoms with Gasteiger partial charge >= 0.3 is 0 Å². The largest absolute Gasteiger partial charge is 0.392 e. The second-order valence-electron chi connectivity index (χ2n) is 5.65. The second-order valence-corrected chi connectivity index (χ2v) is 5.65. The Morgan fingerprint density at radius 3 is 2.80 bits per heavy atom. The van der Waals surface area contributed by atoms with Crippen LogP contribution >= 0.6 is 0 Å². The zero-order chi connectivity index (χ0) is 14.5. The second kappa shape index (κ2) is 6.86. The minimum atomic E-state index is -0.246. The number of benzene rings is 1. The van der Waals surface area contributed by atoms with Gasteiger partial charge in [0.2, 0.25) is 5.91 Å². The van der Waals surface area contributed by atoms with E-state index in [0.717, 1.165) is 30.5 Å². The summed E-state index contributed by atoms with van der Waals surface area (Å²) in [5.74, 6) is -0.0644. The number of aliphatic hydroxyl groups excluding tert-OH is 1. The molecule has 4 nitrogen and oxygen atoms in total. The van der Waals surface area contributed by atoms with Gasteiger partial charge in [0.05, 0.1) is 6.10 Å². The number of aliphatic hydroxyl groups is 1. The van der Waals surface area contributed by atoms with Crippen molar-refractivity contribution < 1.29 is 9.90 Å². The Morgan fingerprint density at radius 2 is 2.10 bits per heavy atom. The standard InChI is InChI=1S/C16H24N2O2/c1-11(17-15-8-3-4-9-16(15)20)13-6-5-7-14(10-13)18-12(2)19/h5-7,10-11,15-17,20H,3-4,8-9H2,1-2H3,(H,18,19). The third kappa shape index (κ3) is 4.05. The molecule has 1 saturated carbocycles. The molecule has 1 aliphatic carbocycles. The fraction of sp³-hybridized carbons (Fsp3) is 0.562. The van der Waals surface area contributed by atoms with Crippen LogP contribution in [0.25, 0.3) is 0 Å². The fourth-order valence-corrected chi connectivity index (χ4v) is 2.81. The van der Waals surface area contributed by atoms with Crippen LogP contribution < -0.4 is 10.6 Å². The molecular weight excluding hydrogens is 252 g/mol. The maximum absolute atomic E-state index is 11.1. The van der Waals surface area contributed by atoms with Crippen LogP contribution in [0, 0.1) is 0 Å². The predicted octanol–water partition coefficient (Wildman–Crippen LogP) is 2.60. The van der Waals surface area contributed by atoms with Crippen molar-refractivity contribution in [1.82, 2.24) is 5.32 Å². The highest BCUT2D eigenvalue weighted by Crippen LogP contribution is 2.23. The van der Waals surface area contributed by atoms with E-state index in [1.54, 1.807) is 0 Å². The van der Waals surface area contributed by atoms with Crippen LogP contribution in [0.4, 0.5) is 5.69 Å². The summed E-state index contributed by atoms with van der Waals surface area (Å²) in [7, 11) is 0. The van der Waals surface area contributed by atoms with Gasteiger partial charge in [0, 0.05) is 24.7 Å². The number of carbonyl (C=O) groups excluding carboxylic acids is 1. The van der Waals surface area contributed by atoms with E-state index in [1.807, 2.05) is 24.3 Å². The first-order chi connectivity index (χ1) is 9.56. The Bertz CT molecular complexity index is 462. The van der Waals surface area contributed by atoms with Gasteiger partial charge in [-0.25, -0.2) is 0 Å². The Morgan fingerprint density at radius 1 is 1.35 bits per heavy atom. The summed E-state index contributed by atoms with van der Waals surface area (Å²) in [6.07, 6.45) is 3.96. The van der Waals surface area contributed by atoms with Crippen LogP contribution in [-0.2, 0) is 4.79 Å². The molecule has 0 aromatic heterocycles. The van der Waals surface area contributed by atoms with Crippen molar-refractivity contribution in [2.24, 2.45) is 0 Å². The van der Waals surface area contributed by atoms with Gasteiger partial charge in [-0.3, -0.25) is 4.79 Å². The Kier molecular flexibility index (Phi) is 5.15. The van der Waals surface area contributed by atoms with E-state index in [1.165, 1.54) is 13.3 Å². The number of nitrogens with one attached hydrogen (secondary N) is 2. The zero-order valence-corrected chi connectivity index (χ0v) is 12.2. The first-order valence-corrected chi connectivity index (χ1v) is 7.38. The van der Waals surface area contributed by atoms with Crippen molar-refractivity contribution in [3.8, 4) is 0 Å². The number of hydrogen-bond acceptors (Lipinski definition) is 3. The minimum Gasteiger partial charge on any atom is -0.392 e. The molecule has 0 saturated heterocycles. The lowest BCUT2D eigenvalue weighted by Crippen LogP contribution is -2.43. The molecule has 0 aliphatic heterocycles. The molecular formula is C16H24N2O2. The third-order valence-electron chi connectivity index (χ3n) is 3.90. The summed E-state index contributed by atoms with van der Waals surface area (Å²) < 4.78 is 0. The molecule has 0 bridgehead atoms. The van der Waals surface area contributed by atoms with Crippen LogP contribution in [-0.4, -0.2) is 23.2 Å². The first-order valence-electron chi connectivity index (χ1n) is 7.38. The Hall–Kier alpha value is -1.39. The van der Waals surface area contributed by atoms with E-state index in [9.17, 15) is 9.90 Å². The predicted molar refractivity (Wildman–Crippen MR) is 80.6 cm³/mol. The van der Waals surface area contributed by atoms with E-state index < -0.39 is 0 Å². The number of rotatable bonds is 4. The van der Waals surface area contributed by atoms with Gasteiger partial charge < -0.3 is 15.7 Å². The van der Waals surface area contributed by atoms with Gasteiger partial charge in [0.15, 0.2) is 0 Å². The smallest absolute Gasteiger partial charge is 0.221 e. The highest BCUT2D eigenvalue weighted by Gasteiger charge is 2.24. The molecule has 1 aromatic rings. The molecule has 1 aliphatic rings. The van der Waals surface area contributed by atoms with Crippen molar-refractivity contribution in [1.29, 1.82) is 0 Å². The maximum atomic E-state index is 11.1. The van der Waals surface area contributed by atoms with Crippen molar-refractivity contribution in [3.05, 3.63) is 29.8 Å². The highest BCUT2D eigenvalue weighted by molar-refractivity contribution is 5.88. The lowest BCUT2D eigenvalue weighted by Gasteiger charge is -2.31. The third-order valence-corrected chi connectivity index (χ3v) is 3.90. The van der Waals surface area contributed by atoms with E-state index in [0.29, 0.717) is 0 Å². The molecule has 1 fully saturated rings. The molecule has 2 rings (SSSR count). The highest BCUT2D eigenvalue weighted by atomic mass is 16.3. The number of amides is 1. The summed E-state index contributed by atoms with van der Waals surface area (Å²) in [5, 5.41) is 16.3. The van der Waals surface area contributed by atoms with Gasteiger partial charge in [-0.15, -0.1) is 0 Å². The van der Waals surface area contributed by atoms with E-state index in [4.69, 9.17) is 0 Å². The van der Waals surface area contributed by atoms with Crippen LogP contribution in [0.15, 0.2) is 24.3 Å². The van der Waals surface area contributed by atoms with Crippen LogP contribution in [0.2, 0.25) is 0 Å². The lowest BCUT2D eigenvalue weighted by molar-refractivity contribution is -0.114. The molecule has 4 heteroatoms. The maximum Gasteiger partial charge on any atom is 0.221 e. The number of carbonyl (C=O) groups is 1. The number of anilines is 1. The summed E-state index contributed by atoms with van der Waals surface area (Å²) >= 11 is 0. The van der Waals surface area contributed by atoms with Gasteiger partial charge in [-0.1, -0.05) is 25.0 Å². The van der Waals surface area contributed by atoms with Gasteiger partial charge in [-0.05, 0) is 37.5 Å². The molecule has 0 heterocycles. The van der Waals surface area contributed by atoms with Gasteiger partial charge in [0.1, 0.15) is 0 Å². The van der Waals surface area contributed by atoms with Gasteiger partial charge in [-0.2, -0.15) is 0 Å². The Balaban J connectivity index is 2.01. The number of hydrogen-bond donors (Lipinski definition) is 3. The fourth-order valence-electron chi connectivity index (χ4n) is 2.81. The summed E-state index contributed by atoms with van der Waals surface area (Å²) in [6.45, 7) is 3.60. The zero-order valence-electron chi connectivity index (χ0n) is 12.2. The lowest BCUT2D eigenvalue weighted by atomic mass is 9.91. The monoisotopic (exact) mass is 276 g/mol. The summed E-state index contributed by atoms with van der Waals surface area (Å²) in [5.41, 5.74) is 1.93. The Labute approximate surface area is 120 Å². The SMILES string of the molecule is CC(=O)Nc1cccc(C(C)NC2CCCCC2O)c1. The normalized spacial score (nSPS) is 24.1. The van der Waals surface area contributed by atoms with E-state index in [-0.39, 0.29) is 24.1 Å². The molecule has 0 spiro atoms. The summed E-state index contributed by atoms with van der Waals surface area (Å²) in [6, 6.07) is 8.17. The van der Waals surface area contributed by atoms with E-state index in [2.05, 4.69) is 17.6 Å². The molecule has 3 N–H and O–H groups in total. The van der Waals surface area contributed by atoms with Crippen molar-refractivity contribution in [2.45, 2.75) is 57.7 Å². The van der Waals surface area contributed by atoms with Crippen LogP contribution in [0.3, 0.4) is 0 Å². The molecule has 110 valence electrons. The molecule has 3 atom stereocenters. The van der Waals surface area contributed by atoms with Crippen molar-refractivity contribution in [3.63, 3.8) is 0 Å². The first kappa shape index (κ1) is 15.0. The van der Waals surface area contributed by atoms with Crippen molar-refractivity contribution >= 4 is 11.6 Å². The summed E-state index contributed by atoms with van der Waals surface area (Å²) in [4.78, 5) is 11.1. The minimum absolute atomic E-state index is 0.0644. The average Bonchev–Trinajstić information content (AvgIpc) is 2.41. The average molecular weight is 276 g/mol. The molecule has 1 amide bonds. The molecule has 1 aromatic carbocycles. The topological polar surface area (TPSA) is 61.4 Å². The quantitative estimate of drug-likeness (QED) is 0.792. The van der Waals surface area contributed by atoms with Crippen LogP contribution in [0.1, 0.15) is 51.1 Å². The molecule has 20 heavy (non-hydrogen) atoms. The molecule has 3 unspecified atom stereocenters. The van der Waals surface area contributed by atoms with Crippen molar-refractivity contribution in [2.75, 3.05) is 5.32 Å². The molecule has 0 radical (unpaired) electrons. The van der Waals surface area contributed by atoms with Crippen LogP contribution in [0.5, 0.6) is 0 Å². The van der Waals surface area contributed by atoms with E-state index >= 15 is 0 Å².